The zero-order valence-electron chi connectivity index (χ0n) is 12.5. The Morgan fingerprint density at radius 2 is 2.20 bits per heavy atom. The number of aryl methyl sites for hydroxylation is 1. The molecule has 1 saturated heterocycles. The number of hydrogen-bond acceptors (Lipinski definition) is 3. The third-order valence-corrected chi connectivity index (χ3v) is 3.67. The zero-order valence-corrected chi connectivity index (χ0v) is 12.5. The van der Waals surface area contributed by atoms with Gasteiger partial charge >= 0.3 is 0 Å². The maximum atomic E-state index is 12.2. The van der Waals surface area contributed by atoms with Gasteiger partial charge in [-0.3, -0.25) is 14.7 Å². The SMILES string of the molecule is Cc1[nH]nc(NC(=O)C2CC(=O)N(CC(C)C)C2)c1C. The summed E-state index contributed by atoms with van der Waals surface area (Å²) in [5.41, 5.74) is 1.87. The average Bonchev–Trinajstić information content (AvgIpc) is 2.87. The molecule has 20 heavy (non-hydrogen) atoms. The molecule has 0 aromatic carbocycles. The number of H-pyrrole nitrogens is 1. The molecule has 6 heteroatoms. The summed E-state index contributed by atoms with van der Waals surface area (Å²) < 4.78 is 0. The van der Waals surface area contributed by atoms with Gasteiger partial charge in [0, 0.05) is 30.8 Å². The molecule has 1 aromatic rings. The fraction of sp³-hybridized carbons (Fsp3) is 0.643. The molecule has 1 unspecified atom stereocenters. The van der Waals surface area contributed by atoms with E-state index in [9.17, 15) is 9.59 Å². The Bertz CT molecular complexity index is 521. The highest BCUT2D eigenvalue weighted by Gasteiger charge is 2.34. The molecule has 0 saturated carbocycles. The molecule has 0 spiro atoms. The van der Waals surface area contributed by atoms with E-state index in [1.807, 2.05) is 13.8 Å². The van der Waals surface area contributed by atoms with E-state index in [0.29, 0.717) is 31.2 Å². The van der Waals surface area contributed by atoms with Crippen molar-refractivity contribution in [2.24, 2.45) is 11.8 Å². The number of carbonyl (C=O) groups excluding carboxylic acids is 2. The van der Waals surface area contributed by atoms with Crippen molar-refractivity contribution in [3.63, 3.8) is 0 Å². The summed E-state index contributed by atoms with van der Waals surface area (Å²) in [5, 5.41) is 9.70. The van der Waals surface area contributed by atoms with Crippen molar-refractivity contribution in [3.05, 3.63) is 11.3 Å². The minimum absolute atomic E-state index is 0.0637. The van der Waals surface area contributed by atoms with E-state index < -0.39 is 0 Å². The minimum atomic E-state index is -0.280. The Labute approximate surface area is 118 Å². The second-order valence-electron chi connectivity index (χ2n) is 5.91. The molecule has 0 radical (unpaired) electrons. The molecule has 110 valence electrons. The Morgan fingerprint density at radius 3 is 2.75 bits per heavy atom. The van der Waals surface area contributed by atoms with Crippen molar-refractivity contribution >= 4 is 17.6 Å². The largest absolute Gasteiger partial charge is 0.342 e. The smallest absolute Gasteiger partial charge is 0.231 e. The number of hydrogen-bond donors (Lipinski definition) is 2. The normalized spacial score (nSPS) is 18.9. The van der Waals surface area contributed by atoms with Gasteiger partial charge in [0.05, 0.1) is 5.92 Å². The van der Waals surface area contributed by atoms with Crippen molar-refractivity contribution in [1.82, 2.24) is 15.1 Å². The van der Waals surface area contributed by atoms with E-state index in [1.165, 1.54) is 0 Å². The highest BCUT2D eigenvalue weighted by molar-refractivity contribution is 5.97. The first kappa shape index (κ1) is 14.6. The summed E-state index contributed by atoms with van der Waals surface area (Å²) in [5.74, 6) is 0.630. The highest BCUT2D eigenvalue weighted by atomic mass is 16.2. The summed E-state index contributed by atoms with van der Waals surface area (Å²) >= 11 is 0. The lowest BCUT2D eigenvalue weighted by Crippen LogP contribution is -2.31. The molecule has 1 aliphatic rings. The predicted octanol–water partition coefficient (Wildman–Crippen LogP) is 1.47. The van der Waals surface area contributed by atoms with Gasteiger partial charge in [-0.1, -0.05) is 13.8 Å². The van der Waals surface area contributed by atoms with Crippen LogP contribution in [-0.4, -0.2) is 40.0 Å². The number of aromatic amines is 1. The molecule has 6 nitrogen and oxygen atoms in total. The first-order chi connectivity index (χ1) is 9.38. The topological polar surface area (TPSA) is 78.1 Å². The van der Waals surface area contributed by atoms with Crippen LogP contribution in [0.5, 0.6) is 0 Å². The maximum absolute atomic E-state index is 12.2. The Balaban J connectivity index is 1.97. The number of rotatable bonds is 4. The van der Waals surface area contributed by atoms with Crippen LogP contribution in [0.3, 0.4) is 0 Å². The Kier molecular flexibility index (Phi) is 4.11. The van der Waals surface area contributed by atoms with Crippen molar-refractivity contribution in [1.29, 1.82) is 0 Å². The van der Waals surface area contributed by atoms with Crippen LogP contribution in [0.2, 0.25) is 0 Å². The first-order valence-corrected chi connectivity index (χ1v) is 6.98. The van der Waals surface area contributed by atoms with E-state index in [2.05, 4.69) is 29.4 Å². The van der Waals surface area contributed by atoms with Gasteiger partial charge in [0.25, 0.3) is 0 Å². The molecule has 2 heterocycles. The number of aromatic nitrogens is 2. The minimum Gasteiger partial charge on any atom is -0.342 e. The van der Waals surface area contributed by atoms with E-state index in [-0.39, 0.29) is 17.7 Å². The first-order valence-electron chi connectivity index (χ1n) is 6.98. The van der Waals surface area contributed by atoms with Crippen molar-refractivity contribution in [2.75, 3.05) is 18.4 Å². The number of likely N-dealkylation sites (tertiary alicyclic amines) is 1. The highest BCUT2D eigenvalue weighted by Crippen LogP contribution is 2.22. The molecule has 1 aromatic heterocycles. The lowest BCUT2D eigenvalue weighted by Gasteiger charge is -2.18. The molecule has 2 rings (SSSR count). The molecular formula is C14H22N4O2. The van der Waals surface area contributed by atoms with Gasteiger partial charge in [0.15, 0.2) is 5.82 Å². The lowest BCUT2D eigenvalue weighted by molar-refractivity contribution is -0.128. The van der Waals surface area contributed by atoms with E-state index in [0.717, 1.165) is 11.3 Å². The number of amides is 2. The van der Waals surface area contributed by atoms with Gasteiger partial charge in [-0.2, -0.15) is 5.10 Å². The second-order valence-corrected chi connectivity index (χ2v) is 5.91. The molecule has 1 atom stereocenters. The quantitative estimate of drug-likeness (QED) is 0.875. The molecule has 1 aliphatic heterocycles. The Morgan fingerprint density at radius 1 is 1.50 bits per heavy atom. The van der Waals surface area contributed by atoms with Crippen LogP contribution in [0.4, 0.5) is 5.82 Å². The zero-order chi connectivity index (χ0) is 14.9. The van der Waals surface area contributed by atoms with Crippen molar-refractivity contribution in [2.45, 2.75) is 34.1 Å². The summed E-state index contributed by atoms with van der Waals surface area (Å²) in [6.07, 6.45) is 0.293. The third kappa shape index (κ3) is 3.00. The molecule has 1 fully saturated rings. The van der Waals surface area contributed by atoms with Crippen LogP contribution in [-0.2, 0) is 9.59 Å². The number of anilines is 1. The summed E-state index contributed by atoms with van der Waals surface area (Å²) in [4.78, 5) is 25.9. The van der Waals surface area contributed by atoms with E-state index in [4.69, 9.17) is 0 Å². The van der Waals surface area contributed by atoms with Crippen molar-refractivity contribution in [3.8, 4) is 0 Å². The summed E-state index contributed by atoms with van der Waals surface area (Å²) in [7, 11) is 0. The van der Waals surface area contributed by atoms with Gasteiger partial charge in [-0.15, -0.1) is 0 Å². The fourth-order valence-corrected chi connectivity index (χ4v) is 2.39. The molecule has 2 N–H and O–H groups in total. The molecule has 0 bridgehead atoms. The van der Waals surface area contributed by atoms with Gasteiger partial charge in [0.2, 0.25) is 11.8 Å². The van der Waals surface area contributed by atoms with Crippen LogP contribution in [0.15, 0.2) is 0 Å². The van der Waals surface area contributed by atoms with Gasteiger partial charge < -0.3 is 10.2 Å². The van der Waals surface area contributed by atoms with Crippen LogP contribution < -0.4 is 5.32 Å². The average molecular weight is 278 g/mol. The summed E-state index contributed by atoms with van der Waals surface area (Å²) in [6, 6.07) is 0. The lowest BCUT2D eigenvalue weighted by atomic mass is 10.1. The number of carbonyl (C=O) groups is 2. The van der Waals surface area contributed by atoms with Gasteiger partial charge in [0.1, 0.15) is 0 Å². The van der Waals surface area contributed by atoms with Crippen LogP contribution in [0.1, 0.15) is 31.5 Å². The number of nitrogens with zero attached hydrogens (tertiary/aromatic N) is 2. The van der Waals surface area contributed by atoms with Gasteiger partial charge in [-0.05, 0) is 19.8 Å². The van der Waals surface area contributed by atoms with Crippen LogP contribution in [0.25, 0.3) is 0 Å². The van der Waals surface area contributed by atoms with Crippen LogP contribution >= 0.6 is 0 Å². The molecule has 0 aliphatic carbocycles. The van der Waals surface area contributed by atoms with E-state index in [1.54, 1.807) is 4.90 Å². The predicted molar refractivity (Wildman–Crippen MR) is 76.2 cm³/mol. The van der Waals surface area contributed by atoms with Gasteiger partial charge in [-0.25, -0.2) is 0 Å². The maximum Gasteiger partial charge on any atom is 0.231 e. The van der Waals surface area contributed by atoms with Crippen molar-refractivity contribution < 1.29 is 9.59 Å². The van der Waals surface area contributed by atoms with Crippen LogP contribution in [0, 0.1) is 25.7 Å². The Hall–Kier alpha value is -1.85. The number of nitrogens with one attached hydrogen (secondary N) is 2. The standard InChI is InChI=1S/C14H22N4O2/c1-8(2)6-18-7-11(5-12(18)19)14(20)15-13-9(3)10(4)16-17-13/h8,11H,5-7H2,1-4H3,(H2,15,16,17,20). The fourth-order valence-electron chi connectivity index (χ4n) is 2.39. The van der Waals surface area contributed by atoms with E-state index >= 15 is 0 Å². The second kappa shape index (κ2) is 5.64. The third-order valence-electron chi connectivity index (χ3n) is 3.67. The summed E-state index contributed by atoms with van der Waals surface area (Å²) in [6.45, 7) is 9.16. The monoisotopic (exact) mass is 278 g/mol. The molecular weight excluding hydrogens is 256 g/mol. The molecule has 2 amide bonds.